The predicted molar refractivity (Wildman–Crippen MR) is 248 cm³/mol. The van der Waals surface area contributed by atoms with E-state index in [4.69, 9.17) is 0 Å². The summed E-state index contributed by atoms with van der Waals surface area (Å²) in [5.41, 5.74) is 7.27. The molecular weight excluding hydrogens is 958 g/mol. The average Bonchev–Trinajstić information content (AvgIpc) is 4.20. The minimum absolute atomic E-state index is 0. The second kappa shape index (κ2) is 38.4. The maximum atomic E-state index is 4.64. The molecule has 0 radical (unpaired) electrons. The van der Waals surface area contributed by atoms with E-state index in [2.05, 4.69) is 140 Å². The van der Waals surface area contributed by atoms with Gasteiger partial charge in [-0.25, -0.2) is 4.57 Å². The zero-order valence-electron chi connectivity index (χ0n) is 37.7. The third-order valence-corrected chi connectivity index (χ3v) is 11.7. The quantitative estimate of drug-likeness (QED) is 0.133. The summed E-state index contributed by atoms with van der Waals surface area (Å²) in [6.07, 6.45) is 46.1. The SMILES string of the molecule is C1CCCC1.C1CCCC1.C1CCCC1.CCl.[Cl-].[Cl-].[Cl-].[Fe].[Fe].c1ccc(-[n+]2ccc(-c3cc[n+](CC4CCCC4)cc3)cc2)cc1.c1ccc(-[n+]2ccc(-c3ccncc3)cc2)cc1. The molecule has 0 spiro atoms. The maximum Gasteiger partial charge on any atom is 0.210 e. The van der Waals surface area contributed by atoms with Gasteiger partial charge in [-0.3, -0.25) is 4.98 Å². The van der Waals surface area contributed by atoms with Crippen molar-refractivity contribution < 1.29 is 85.1 Å². The first-order chi connectivity index (χ1) is 29.3. The molecule has 0 bridgehead atoms. The number of nitrogens with zero attached hydrogens (tertiary/aromatic N) is 4. The van der Waals surface area contributed by atoms with E-state index >= 15 is 0 Å². The molecule has 10 rings (SSSR count). The second-order valence-corrected chi connectivity index (χ2v) is 16.1. The number of hydrogen-bond acceptors (Lipinski definition) is 1. The molecule has 64 heavy (non-hydrogen) atoms. The standard InChI is InChI=1S/C22H24N2.C16H13N2.3C5H10.CH3Cl.3ClH.2Fe/c1-2-8-22(9-3-1)24-16-12-21(13-17-24)20-10-14-23(15-11-20)18-19-6-4-5-7-19;1-2-4-16(5-3-1)18-12-8-15(9-13-18)14-6-10-17-11-7-14;3*1-2-4-5-3-1;1-2;;;;;/h1-3,8-17,19H,4-7,18H2;1-13H;3*1-5H2;1H3;3*1H;;/q+2;+1;;;;;;;;;/p-3. The number of rotatable bonds is 6. The summed E-state index contributed by atoms with van der Waals surface area (Å²) >= 11 is 4.64. The van der Waals surface area contributed by atoms with E-state index in [1.807, 2.05) is 48.8 Å². The van der Waals surface area contributed by atoms with Crippen LogP contribution in [0.4, 0.5) is 0 Å². The van der Waals surface area contributed by atoms with Crippen molar-refractivity contribution in [1.82, 2.24) is 4.98 Å². The van der Waals surface area contributed by atoms with Crippen LogP contribution in [0.1, 0.15) is 122 Å². The van der Waals surface area contributed by atoms with E-state index in [0.717, 1.165) is 5.92 Å². The molecule has 4 nitrogen and oxygen atoms in total. The number of hydrogen-bond donors (Lipinski definition) is 0. The van der Waals surface area contributed by atoms with E-state index in [0.29, 0.717) is 0 Å². The normalized spacial score (nSPS) is 14.2. The van der Waals surface area contributed by atoms with Gasteiger partial charge < -0.3 is 37.2 Å². The summed E-state index contributed by atoms with van der Waals surface area (Å²) in [6, 6.07) is 37.8. The Hall–Kier alpha value is -2.76. The molecule has 6 aromatic rings. The number of aromatic nitrogens is 4. The van der Waals surface area contributed by atoms with Gasteiger partial charge in [-0.15, -0.1) is 11.6 Å². The molecule has 0 saturated heterocycles. The van der Waals surface area contributed by atoms with E-state index in [1.54, 1.807) is 0 Å². The summed E-state index contributed by atoms with van der Waals surface area (Å²) in [5, 5.41) is 0. The average molecular weight is 1030 g/mol. The zero-order valence-corrected chi connectivity index (χ0v) is 43.0. The van der Waals surface area contributed by atoms with Gasteiger partial charge in [-0.1, -0.05) is 146 Å². The molecule has 0 amide bonds. The predicted octanol–water partition coefficient (Wildman–Crippen LogP) is 4.85. The Morgan fingerprint density at radius 2 is 0.672 bits per heavy atom. The van der Waals surface area contributed by atoms with Crippen LogP contribution >= 0.6 is 11.6 Å². The molecule has 0 atom stereocenters. The Kier molecular flexibility index (Phi) is 36.7. The largest absolute Gasteiger partial charge is 1.00 e. The van der Waals surface area contributed by atoms with Gasteiger partial charge in [-0.2, -0.15) is 9.13 Å². The van der Waals surface area contributed by atoms with E-state index in [9.17, 15) is 0 Å². The molecule has 0 aliphatic heterocycles. The van der Waals surface area contributed by atoms with Crippen LogP contribution in [0.3, 0.4) is 0 Å². The summed E-state index contributed by atoms with van der Waals surface area (Å²) in [7, 11) is 0. The van der Waals surface area contributed by atoms with Gasteiger partial charge in [0.2, 0.25) is 11.4 Å². The molecule has 10 heteroatoms. The van der Waals surface area contributed by atoms with Crippen molar-refractivity contribution in [3.05, 3.63) is 159 Å². The van der Waals surface area contributed by atoms with Crippen molar-refractivity contribution in [1.29, 1.82) is 0 Å². The Balaban J connectivity index is 0.000000869. The van der Waals surface area contributed by atoms with Gasteiger partial charge in [0.25, 0.3) is 0 Å². The fourth-order valence-electron chi connectivity index (χ4n) is 8.24. The van der Waals surface area contributed by atoms with Crippen LogP contribution in [0.15, 0.2) is 159 Å². The first kappa shape index (κ1) is 61.2. The number of para-hydroxylation sites is 2. The molecule has 2 aromatic carbocycles. The molecule has 4 aromatic heterocycles. The number of alkyl halides is 1. The van der Waals surface area contributed by atoms with E-state index in [-0.39, 0.29) is 71.4 Å². The van der Waals surface area contributed by atoms with Crippen molar-refractivity contribution >= 4 is 11.6 Å². The van der Waals surface area contributed by atoms with Gasteiger partial charge in [0.15, 0.2) is 43.7 Å². The third-order valence-electron chi connectivity index (χ3n) is 11.7. The molecule has 4 heterocycles. The molecule has 0 N–H and O–H groups in total. The summed E-state index contributed by atoms with van der Waals surface area (Å²) < 4.78 is 6.59. The summed E-state index contributed by atoms with van der Waals surface area (Å²) in [6.45, 7) is 1.17. The van der Waals surface area contributed by atoms with Gasteiger partial charge in [0, 0.05) is 119 Å². The van der Waals surface area contributed by atoms with Crippen LogP contribution < -0.4 is 50.9 Å². The van der Waals surface area contributed by atoms with Crippen LogP contribution in [0.5, 0.6) is 0 Å². The minimum atomic E-state index is 0. The van der Waals surface area contributed by atoms with Crippen LogP contribution in [0.25, 0.3) is 33.6 Å². The fraction of sp³-hybridized carbons (Fsp3) is 0.407. The van der Waals surface area contributed by atoms with E-state index in [1.165, 1.54) is 169 Å². The van der Waals surface area contributed by atoms with Crippen molar-refractivity contribution in [2.24, 2.45) is 5.92 Å². The number of pyridine rings is 4. The van der Waals surface area contributed by atoms with Gasteiger partial charge in [-0.05, 0) is 47.2 Å². The minimum Gasteiger partial charge on any atom is -1.00 e. The van der Waals surface area contributed by atoms with Gasteiger partial charge in [0.05, 0.1) is 0 Å². The second-order valence-electron chi connectivity index (χ2n) is 16.1. The Morgan fingerprint density at radius 3 is 0.984 bits per heavy atom. The van der Waals surface area contributed by atoms with Crippen molar-refractivity contribution in [3.8, 4) is 33.6 Å². The first-order valence-corrected chi connectivity index (χ1v) is 23.5. The van der Waals surface area contributed by atoms with Crippen molar-refractivity contribution in [2.45, 2.75) is 129 Å². The number of halogens is 4. The fourth-order valence-corrected chi connectivity index (χ4v) is 8.24. The molecule has 0 unspecified atom stereocenters. The molecule has 4 aliphatic carbocycles. The van der Waals surface area contributed by atoms with Gasteiger partial charge >= 0.3 is 0 Å². The monoisotopic (exact) mass is 1030 g/mol. The Labute approximate surface area is 431 Å². The summed E-state index contributed by atoms with van der Waals surface area (Å²) in [4.78, 5) is 4.03. The number of benzene rings is 2. The first-order valence-electron chi connectivity index (χ1n) is 22.7. The third kappa shape index (κ3) is 23.1. The zero-order chi connectivity index (χ0) is 41.0. The van der Waals surface area contributed by atoms with Crippen LogP contribution in [-0.2, 0) is 40.7 Å². The van der Waals surface area contributed by atoms with Crippen LogP contribution in [-0.4, -0.2) is 11.4 Å². The van der Waals surface area contributed by atoms with Crippen molar-refractivity contribution in [3.63, 3.8) is 0 Å². The topological polar surface area (TPSA) is 24.5 Å². The molecule has 4 aliphatic rings. The molecule has 350 valence electrons. The van der Waals surface area contributed by atoms with Gasteiger partial charge in [0.1, 0.15) is 0 Å². The maximum absolute atomic E-state index is 4.64. The van der Waals surface area contributed by atoms with Crippen LogP contribution in [0.2, 0.25) is 0 Å². The molecular formula is C54H70Cl4Fe2N4. The van der Waals surface area contributed by atoms with Crippen molar-refractivity contribution in [2.75, 3.05) is 6.38 Å². The Morgan fingerprint density at radius 1 is 0.391 bits per heavy atom. The molecule has 4 saturated carbocycles. The van der Waals surface area contributed by atoms with Crippen LogP contribution in [0, 0.1) is 5.92 Å². The molecule has 4 fully saturated rings. The summed E-state index contributed by atoms with van der Waals surface area (Å²) in [5.74, 6) is 0.877. The van der Waals surface area contributed by atoms with E-state index < -0.39 is 0 Å². The Bertz CT molecular complexity index is 1820. The smallest absolute Gasteiger partial charge is 0.210 e.